The van der Waals surface area contributed by atoms with E-state index in [0.717, 1.165) is 56.6 Å². The van der Waals surface area contributed by atoms with Gasteiger partial charge >= 0.3 is 37.0 Å². The van der Waals surface area contributed by atoms with E-state index in [9.17, 15) is 13.3 Å². The molecule has 1 aromatic heterocycles. The van der Waals surface area contributed by atoms with Crippen molar-refractivity contribution in [3.05, 3.63) is 366 Å². The molecule has 10 nitrogen and oxygen atoms in total. The zero-order valence-electron chi connectivity index (χ0n) is 56.4. The number of rotatable bonds is 2. The topological polar surface area (TPSA) is 175 Å². The Hall–Kier alpha value is -8.35. The van der Waals surface area contributed by atoms with Gasteiger partial charge in [0.05, 0.1) is 32.0 Å². The molecule has 0 bridgehead atoms. The van der Waals surface area contributed by atoms with Gasteiger partial charge in [-0.3, -0.25) is 13.7 Å². The average Bonchev–Trinajstić information content (AvgIpc) is 1.52. The minimum absolute atomic E-state index is 0. The molecule has 0 amide bonds. The van der Waals surface area contributed by atoms with Crippen LogP contribution in [0, 0.1) is 42.0 Å². The summed E-state index contributed by atoms with van der Waals surface area (Å²) in [5, 5.41) is 1.68. The molecule has 6 aliphatic rings. The van der Waals surface area contributed by atoms with Crippen LogP contribution < -0.4 is 105 Å². The molecule has 0 atom stereocenters. The van der Waals surface area contributed by atoms with E-state index in [2.05, 4.69) is 130 Å². The van der Waals surface area contributed by atoms with E-state index < -0.39 is 82.1 Å². The van der Waals surface area contributed by atoms with E-state index in [1.807, 2.05) is 72.8 Å². The largest absolute Gasteiger partial charge is 1.00 e. The van der Waals surface area contributed by atoms with E-state index in [4.69, 9.17) is 27.6 Å². The Balaban J connectivity index is 0.000000141. The molecular formula is C86H46F6I3NaO10P3+. The van der Waals surface area contributed by atoms with Crippen molar-refractivity contribution in [3.63, 3.8) is 0 Å². The van der Waals surface area contributed by atoms with Gasteiger partial charge in [-0.2, -0.15) is 0 Å². The van der Waals surface area contributed by atoms with Gasteiger partial charge in [-0.15, -0.1) is 0 Å². The molecule has 2 aliphatic heterocycles. The average molecular weight is 1850 g/mol. The van der Waals surface area contributed by atoms with Crippen molar-refractivity contribution in [2.45, 2.75) is 10.8 Å². The Bertz CT molecular complexity index is 6120. The van der Waals surface area contributed by atoms with Gasteiger partial charge in [0, 0.05) is 29.9 Å². The van der Waals surface area contributed by atoms with Gasteiger partial charge in [0.25, 0.3) is 0 Å². The van der Waals surface area contributed by atoms with Gasteiger partial charge in [0.2, 0.25) is 10.2 Å². The van der Waals surface area contributed by atoms with Crippen molar-refractivity contribution < 1.29 is 117 Å². The predicted molar refractivity (Wildman–Crippen MR) is 411 cm³/mol. The molecule has 528 valence electrons. The molecule has 109 heavy (non-hydrogen) atoms. The van der Waals surface area contributed by atoms with Crippen molar-refractivity contribution in [2.24, 2.45) is 0 Å². The molecule has 14 aromatic carbocycles. The van der Waals surface area contributed by atoms with Crippen LogP contribution in [0.1, 0.15) is 44.5 Å². The molecule has 0 unspecified atom stereocenters. The van der Waals surface area contributed by atoms with Gasteiger partial charge in [-0.1, -0.05) is 138 Å². The fraction of sp³-hybridized carbons (Fsp3) is 0.0233. The van der Waals surface area contributed by atoms with Gasteiger partial charge in [0.1, 0.15) is 78.0 Å². The normalized spacial score (nSPS) is 14.5. The first-order valence-electron chi connectivity index (χ1n) is 33.4. The third kappa shape index (κ3) is 11.6. The first-order valence-corrected chi connectivity index (χ1v) is 43.7. The molecule has 0 radical (unpaired) electrons. The molecule has 21 rings (SSSR count). The monoisotopic (exact) mass is 1850 g/mol. The number of halogens is 9. The van der Waals surface area contributed by atoms with Crippen molar-refractivity contribution in [1.29, 1.82) is 0 Å². The number of ether oxygens (including phenoxy) is 2. The van der Waals surface area contributed by atoms with E-state index in [1.54, 1.807) is 12.1 Å². The summed E-state index contributed by atoms with van der Waals surface area (Å²) in [6.45, 7) is 0. The van der Waals surface area contributed by atoms with Crippen LogP contribution in [-0.4, -0.2) is 0 Å². The summed E-state index contributed by atoms with van der Waals surface area (Å²) in [5.74, 6) is -2.60. The SMILES string of the molecule is Ic1ccc2c(c1)C1(c3ccccc3-2)c2ccccc2-c2ccc(I)cc21.O=P1(c2ccc3c(c2)C2(c4ccccc4-3)c3ccccc3-c3ccc(P4(=O)c5cc(F)ccc5Oc5ccc(F)cc54)cc32)c2cc(F)ccc2Oc2ccc(F)cc21.O=[p+]1c2cc(F)ccc2oc2ccc(F)cc21.[Na+].[O-][I+3]([O-])([O-])[O-]. The second-order valence-corrected chi connectivity index (χ2v) is 38.0. The quantitative estimate of drug-likeness (QED) is 0.0532. The van der Waals surface area contributed by atoms with E-state index in [1.165, 1.54) is 149 Å². The molecule has 4 aliphatic carbocycles. The predicted octanol–water partition coefficient (Wildman–Crippen LogP) is 11.2. The van der Waals surface area contributed by atoms with Crippen LogP contribution in [0.5, 0.6) is 23.0 Å². The first-order chi connectivity index (χ1) is 51.9. The van der Waals surface area contributed by atoms with E-state index in [0.29, 0.717) is 21.8 Å². The maximum absolute atomic E-state index is 16.0. The smallest absolute Gasteiger partial charge is 0.456 e. The zero-order valence-corrected chi connectivity index (χ0v) is 67.5. The minimum Gasteiger partial charge on any atom is -0.456 e. The molecule has 0 fully saturated rings. The summed E-state index contributed by atoms with van der Waals surface area (Å²) in [7, 11) is -10.0. The molecule has 0 saturated carbocycles. The van der Waals surface area contributed by atoms with Crippen molar-refractivity contribution in [2.75, 3.05) is 0 Å². The Morgan fingerprint density at radius 3 is 0.890 bits per heavy atom. The summed E-state index contributed by atoms with van der Waals surface area (Å²) in [5.41, 5.74) is 17.5. The summed E-state index contributed by atoms with van der Waals surface area (Å²) >= 11 is -1.05. The molecule has 0 saturated heterocycles. The summed E-state index contributed by atoms with van der Waals surface area (Å²) in [4.78, 5) is 0. The van der Waals surface area contributed by atoms with Crippen LogP contribution in [0.2, 0.25) is 0 Å². The van der Waals surface area contributed by atoms with E-state index in [-0.39, 0.29) is 89.4 Å². The van der Waals surface area contributed by atoms with Crippen molar-refractivity contribution >= 4 is 120 Å². The van der Waals surface area contributed by atoms with Gasteiger partial charge in [-0.25, -0.2) is 26.3 Å². The van der Waals surface area contributed by atoms with Crippen LogP contribution >= 0.6 is 66.9 Å². The first kappa shape index (κ1) is 73.5. The number of hydrogen-bond acceptors (Lipinski definition) is 10. The maximum Gasteiger partial charge on any atom is 1.00 e. The molecule has 15 aromatic rings. The van der Waals surface area contributed by atoms with Crippen LogP contribution in [0.15, 0.2) is 283 Å². The minimum atomic E-state index is -5.94. The van der Waals surface area contributed by atoms with Crippen molar-refractivity contribution in [1.82, 2.24) is 0 Å². The number of hydrogen-bond donors (Lipinski definition) is 0. The summed E-state index contributed by atoms with van der Waals surface area (Å²) < 4.78 is 185. The molecule has 23 heteroatoms. The molecular weight excluding hydrogens is 1800 g/mol. The second kappa shape index (κ2) is 27.5. The van der Waals surface area contributed by atoms with Crippen molar-refractivity contribution in [3.8, 4) is 67.5 Å². The number of benzene rings is 14. The summed E-state index contributed by atoms with van der Waals surface area (Å²) in [6.07, 6.45) is 0. The molecule has 0 N–H and O–H groups in total. The Morgan fingerprint density at radius 1 is 0.321 bits per heavy atom. The van der Waals surface area contributed by atoms with Crippen LogP contribution in [0.4, 0.5) is 26.3 Å². The Kier molecular flexibility index (Phi) is 18.6. The third-order valence-corrected chi connectivity index (χ3v) is 29.8. The molecule has 2 spiro atoms. The standard InChI is InChI=1S/C49H26F4O4P2.C25H14I2.C12H6F2O2P.IO4.Na/c50-27-9-17-41-45(21-27)58(54,46-22-28(51)10-18-42(46)56-41)31-13-15-35-33-5-1-3-7-37(33)49(39(35)25-31)38-8-4-2-6-34(38)36-16-14-32(26-40(36)49)59(55)47-23-29(52)11-19-43(47)57-44-20-12-30(53)24-48(44)59;26-15-9-11-19-17-5-1-3-7-21(17)25(23(19)13-15)22-8-4-2-6-18(22)20-12-10-16(27)14-24(20)25;13-7-1-3-9-11(5-7)17(15)12-6-8(14)2-4-10(12)16-9;2-1(3,4)5;/h1-26H;1-14H;1-6H;;/q;;+1;-1;+1. The maximum atomic E-state index is 16.0. The molecule has 3 heterocycles. The second-order valence-electron chi connectivity index (χ2n) is 26.4. The van der Waals surface area contributed by atoms with Crippen LogP contribution in [0.3, 0.4) is 0 Å². The van der Waals surface area contributed by atoms with Crippen LogP contribution in [-0.2, 0) is 24.5 Å². The summed E-state index contributed by atoms with van der Waals surface area (Å²) in [6, 6.07) is 81.9. The third-order valence-electron chi connectivity index (χ3n) is 20.8. The fourth-order valence-electron chi connectivity index (χ4n) is 16.7. The van der Waals surface area contributed by atoms with Gasteiger partial charge in [0.15, 0.2) is 25.4 Å². The Morgan fingerprint density at radius 2 is 0.578 bits per heavy atom. The van der Waals surface area contributed by atoms with Crippen LogP contribution in [0.25, 0.3) is 65.9 Å². The van der Waals surface area contributed by atoms with E-state index >= 15 is 26.7 Å². The fourth-order valence-corrected chi connectivity index (χ4v) is 24.8. The Labute approximate surface area is 674 Å². The van der Waals surface area contributed by atoms with Gasteiger partial charge < -0.3 is 23.0 Å². The van der Waals surface area contributed by atoms with Gasteiger partial charge in [-0.05, 0) is 268 Å². The zero-order chi connectivity index (χ0) is 74.7. The number of fused-ring (bicyclic) bond motifs is 26.